The van der Waals surface area contributed by atoms with Gasteiger partial charge in [0.1, 0.15) is 6.04 Å². The number of carbonyl (C=O) groups excluding carboxylic acids is 1. The van der Waals surface area contributed by atoms with Gasteiger partial charge in [0.2, 0.25) is 5.91 Å². The molecule has 1 saturated carbocycles. The van der Waals surface area contributed by atoms with E-state index in [1.807, 2.05) is 0 Å². The first-order valence-electron chi connectivity index (χ1n) is 7.53. The molecule has 0 bridgehead atoms. The minimum atomic E-state index is -0.850. The maximum atomic E-state index is 12.5. The van der Waals surface area contributed by atoms with Crippen LogP contribution in [0.2, 0.25) is 0 Å². The Morgan fingerprint density at radius 2 is 2.10 bits per heavy atom. The van der Waals surface area contributed by atoms with Crippen LogP contribution >= 0.6 is 11.8 Å². The number of amides is 1. The van der Waals surface area contributed by atoms with Crippen LogP contribution in [0.5, 0.6) is 0 Å². The van der Waals surface area contributed by atoms with Crippen LogP contribution in [0, 0.1) is 11.8 Å². The summed E-state index contributed by atoms with van der Waals surface area (Å²) in [4.78, 5) is 25.5. The van der Waals surface area contributed by atoms with Crippen LogP contribution in [0.15, 0.2) is 0 Å². The summed E-state index contributed by atoms with van der Waals surface area (Å²) in [5, 5.41) is 12.7. The lowest BCUT2D eigenvalue weighted by atomic mass is 10.0. The smallest absolute Gasteiger partial charge is 0.327 e. The van der Waals surface area contributed by atoms with Crippen molar-refractivity contribution in [2.75, 3.05) is 18.8 Å². The van der Waals surface area contributed by atoms with Gasteiger partial charge in [0.05, 0.1) is 5.37 Å². The van der Waals surface area contributed by atoms with Gasteiger partial charge in [-0.2, -0.15) is 0 Å². The largest absolute Gasteiger partial charge is 0.480 e. The van der Waals surface area contributed by atoms with Gasteiger partial charge in [-0.05, 0) is 50.6 Å². The van der Waals surface area contributed by atoms with E-state index in [4.69, 9.17) is 0 Å². The SMILES string of the molecule is O=C(O)C1CSC(C2CC2)N1C(=O)CCC1CCNC1. The average Bonchev–Trinajstić information content (AvgIpc) is 2.97. The van der Waals surface area contributed by atoms with Crippen LogP contribution in [-0.4, -0.2) is 52.1 Å². The van der Waals surface area contributed by atoms with Crippen molar-refractivity contribution in [1.29, 1.82) is 0 Å². The second-order valence-corrected chi connectivity index (χ2v) is 7.26. The van der Waals surface area contributed by atoms with Crippen LogP contribution in [-0.2, 0) is 9.59 Å². The number of nitrogens with zero attached hydrogens (tertiary/aromatic N) is 1. The van der Waals surface area contributed by atoms with Crippen molar-refractivity contribution in [2.24, 2.45) is 11.8 Å². The lowest BCUT2D eigenvalue weighted by molar-refractivity contribution is -0.149. The number of carboxylic acids is 1. The van der Waals surface area contributed by atoms with Gasteiger partial charge < -0.3 is 15.3 Å². The van der Waals surface area contributed by atoms with E-state index < -0.39 is 12.0 Å². The Bertz CT molecular complexity index is 394. The molecule has 3 rings (SSSR count). The predicted molar refractivity (Wildman–Crippen MR) is 77.5 cm³/mol. The van der Waals surface area contributed by atoms with E-state index in [1.54, 1.807) is 16.7 Å². The van der Waals surface area contributed by atoms with Gasteiger partial charge in [0.25, 0.3) is 0 Å². The third-order valence-corrected chi connectivity index (χ3v) is 6.02. The summed E-state index contributed by atoms with van der Waals surface area (Å²) in [7, 11) is 0. The fraction of sp³-hybridized carbons (Fsp3) is 0.857. The molecule has 20 heavy (non-hydrogen) atoms. The summed E-state index contributed by atoms with van der Waals surface area (Å²) in [6, 6.07) is -0.611. The second-order valence-electron chi connectivity index (χ2n) is 6.11. The summed E-state index contributed by atoms with van der Waals surface area (Å²) in [6.45, 7) is 2.04. The van der Waals surface area contributed by atoms with Crippen LogP contribution in [0.25, 0.3) is 0 Å². The van der Waals surface area contributed by atoms with Crippen molar-refractivity contribution in [3.8, 4) is 0 Å². The highest BCUT2D eigenvalue weighted by atomic mass is 32.2. The normalized spacial score (nSPS) is 33.6. The van der Waals surface area contributed by atoms with E-state index in [0.29, 0.717) is 24.0 Å². The van der Waals surface area contributed by atoms with Crippen LogP contribution in [0.4, 0.5) is 0 Å². The number of hydrogen-bond donors (Lipinski definition) is 2. The van der Waals surface area contributed by atoms with E-state index in [1.165, 1.54) is 0 Å². The molecule has 0 spiro atoms. The minimum Gasteiger partial charge on any atom is -0.480 e. The Labute approximate surface area is 123 Å². The second kappa shape index (κ2) is 5.93. The predicted octanol–water partition coefficient (Wildman–Crippen LogP) is 1.14. The number of nitrogens with one attached hydrogen (secondary N) is 1. The van der Waals surface area contributed by atoms with Gasteiger partial charge in [-0.15, -0.1) is 11.8 Å². The van der Waals surface area contributed by atoms with Gasteiger partial charge in [0, 0.05) is 12.2 Å². The first-order chi connectivity index (χ1) is 9.66. The lowest BCUT2D eigenvalue weighted by Crippen LogP contribution is -2.46. The monoisotopic (exact) mass is 298 g/mol. The number of carbonyl (C=O) groups is 2. The number of carboxylic acid groups (broad SMARTS) is 1. The first-order valence-corrected chi connectivity index (χ1v) is 8.58. The molecule has 6 heteroatoms. The molecule has 0 aromatic rings. The molecule has 3 atom stereocenters. The molecule has 3 aliphatic rings. The quantitative estimate of drug-likeness (QED) is 0.796. The molecule has 112 valence electrons. The highest BCUT2D eigenvalue weighted by Gasteiger charge is 2.47. The van der Waals surface area contributed by atoms with Crippen molar-refractivity contribution in [3.05, 3.63) is 0 Å². The molecular formula is C14H22N2O3S. The molecule has 0 aromatic heterocycles. The van der Waals surface area contributed by atoms with Gasteiger partial charge in [0.15, 0.2) is 0 Å². The maximum Gasteiger partial charge on any atom is 0.327 e. The van der Waals surface area contributed by atoms with Crippen LogP contribution in [0.1, 0.15) is 32.1 Å². The topological polar surface area (TPSA) is 69.6 Å². The first kappa shape index (κ1) is 14.2. The Hall–Kier alpha value is -0.750. The zero-order valence-electron chi connectivity index (χ0n) is 11.6. The fourth-order valence-electron chi connectivity index (χ4n) is 3.20. The molecule has 0 aromatic carbocycles. The Kier molecular flexibility index (Phi) is 4.21. The van der Waals surface area contributed by atoms with Crippen molar-refractivity contribution in [2.45, 2.75) is 43.5 Å². The summed E-state index contributed by atoms with van der Waals surface area (Å²) in [5.74, 6) is 0.855. The van der Waals surface area contributed by atoms with E-state index in [2.05, 4.69) is 5.32 Å². The van der Waals surface area contributed by atoms with Crippen molar-refractivity contribution in [3.63, 3.8) is 0 Å². The van der Waals surface area contributed by atoms with Gasteiger partial charge in [-0.25, -0.2) is 4.79 Å². The van der Waals surface area contributed by atoms with Crippen LogP contribution < -0.4 is 5.32 Å². The zero-order chi connectivity index (χ0) is 14.1. The molecule has 5 nitrogen and oxygen atoms in total. The van der Waals surface area contributed by atoms with E-state index >= 15 is 0 Å². The molecule has 3 fully saturated rings. The third kappa shape index (κ3) is 2.96. The highest BCUT2D eigenvalue weighted by Crippen LogP contribution is 2.45. The van der Waals surface area contributed by atoms with Crippen molar-refractivity contribution in [1.82, 2.24) is 10.2 Å². The summed E-state index contributed by atoms with van der Waals surface area (Å²) < 4.78 is 0. The molecular weight excluding hydrogens is 276 g/mol. The summed E-state index contributed by atoms with van der Waals surface area (Å²) in [5.41, 5.74) is 0. The highest BCUT2D eigenvalue weighted by molar-refractivity contribution is 8.00. The molecule has 2 N–H and O–H groups in total. The van der Waals surface area contributed by atoms with Crippen LogP contribution in [0.3, 0.4) is 0 Å². The van der Waals surface area contributed by atoms with E-state index in [9.17, 15) is 14.7 Å². The molecule has 1 amide bonds. The number of rotatable bonds is 5. The third-order valence-electron chi connectivity index (χ3n) is 4.56. The van der Waals surface area contributed by atoms with Gasteiger partial charge in [-0.1, -0.05) is 0 Å². The fourth-order valence-corrected chi connectivity index (χ4v) is 4.85. The number of hydrogen-bond acceptors (Lipinski definition) is 4. The minimum absolute atomic E-state index is 0.0474. The molecule has 3 unspecified atom stereocenters. The van der Waals surface area contributed by atoms with E-state index in [0.717, 1.165) is 38.8 Å². The standard InChI is InChI=1S/C14H22N2O3S/c17-12(4-1-9-5-6-15-7-9)16-11(14(18)19)8-20-13(16)10-2-3-10/h9-11,13,15H,1-8H2,(H,18,19). The van der Waals surface area contributed by atoms with E-state index in [-0.39, 0.29) is 11.3 Å². The molecule has 2 aliphatic heterocycles. The Morgan fingerprint density at radius 3 is 2.70 bits per heavy atom. The van der Waals surface area contributed by atoms with Gasteiger partial charge in [-0.3, -0.25) is 4.79 Å². The van der Waals surface area contributed by atoms with Crippen molar-refractivity contribution < 1.29 is 14.7 Å². The molecule has 2 heterocycles. The molecule has 0 radical (unpaired) electrons. The average molecular weight is 298 g/mol. The van der Waals surface area contributed by atoms with Gasteiger partial charge >= 0.3 is 5.97 Å². The Balaban J connectivity index is 1.60. The summed E-state index contributed by atoms with van der Waals surface area (Å²) >= 11 is 1.66. The number of thioether (sulfide) groups is 1. The maximum absolute atomic E-state index is 12.5. The molecule has 2 saturated heterocycles. The lowest BCUT2D eigenvalue weighted by Gasteiger charge is -2.27. The zero-order valence-corrected chi connectivity index (χ0v) is 12.4. The summed E-state index contributed by atoms with van der Waals surface area (Å²) in [6.07, 6.45) is 4.80. The Morgan fingerprint density at radius 1 is 1.30 bits per heavy atom. The van der Waals surface area contributed by atoms with Crippen molar-refractivity contribution >= 4 is 23.6 Å². The molecule has 1 aliphatic carbocycles. The number of aliphatic carboxylic acids is 1.